The first-order chi connectivity index (χ1) is 7.09. The number of aryl methyl sites for hydroxylation is 1. The van der Waals surface area contributed by atoms with Gasteiger partial charge in [0, 0.05) is 18.8 Å². The highest BCUT2D eigenvalue weighted by Crippen LogP contribution is 2.16. The summed E-state index contributed by atoms with van der Waals surface area (Å²) < 4.78 is 2.81. The summed E-state index contributed by atoms with van der Waals surface area (Å²) in [5.41, 5.74) is 12.2. The van der Waals surface area contributed by atoms with Crippen LogP contribution in [0.3, 0.4) is 0 Å². The van der Waals surface area contributed by atoms with E-state index < -0.39 is 6.04 Å². The molecule has 2 heterocycles. The number of nitrogen functional groups attached to an aromatic ring is 2. The molecule has 1 atom stereocenters. The van der Waals surface area contributed by atoms with E-state index in [0.29, 0.717) is 5.82 Å². The predicted octanol–water partition coefficient (Wildman–Crippen LogP) is -1.64. The largest absolute Gasteiger partial charge is 0.366 e. The van der Waals surface area contributed by atoms with Crippen LogP contribution in [0, 0.1) is 0 Å². The normalized spacial score (nSPS) is 12.9. The third-order valence-electron chi connectivity index (χ3n) is 2.11. The monoisotopic (exact) mass is 208 g/mol. The quantitative estimate of drug-likeness (QED) is 0.508. The molecule has 80 valence electrons. The van der Waals surface area contributed by atoms with Crippen molar-refractivity contribution in [3.05, 3.63) is 23.8 Å². The van der Waals surface area contributed by atoms with Gasteiger partial charge in [-0.05, 0) is 0 Å². The van der Waals surface area contributed by atoms with Gasteiger partial charge in [-0.25, -0.2) is 4.68 Å². The van der Waals surface area contributed by atoms with Gasteiger partial charge in [-0.2, -0.15) is 5.10 Å². The van der Waals surface area contributed by atoms with Crippen LogP contribution >= 0.6 is 0 Å². The van der Waals surface area contributed by atoms with Gasteiger partial charge in [-0.3, -0.25) is 4.68 Å². The molecular formula is C7H12N8. The van der Waals surface area contributed by atoms with Crippen LogP contribution in [0.25, 0.3) is 0 Å². The third-order valence-corrected chi connectivity index (χ3v) is 2.11. The van der Waals surface area contributed by atoms with Crippen molar-refractivity contribution in [2.24, 2.45) is 12.8 Å². The first kappa shape index (κ1) is 9.46. The summed E-state index contributed by atoms with van der Waals surface area (Å²) in [7, 11) is 1.80. The molecule has 0 aromatic carbocycles. The molecule has 8 heteroatoms. The molecule has 0 aliphatic carbocycles. The minimum Gasteiger partial charge on any atom is -0.366 e. The average molecular weight is 208 g/mol. The molecule has 0 fully saturated rings. The van der Waals surface area contributed by atoms with E-state index in [0.717, 1.165) is 10.2 Å². The molecule has 0 saturated heterocycles. The van der Waals surface area contributed by atoms with Gasteiger partial charge in [-0.15, -0.1) is 10.2 Å². The fourth-order valence-corrected chi connectivity index (χ4v) is 1.28. The number of hydrogen-bond donors (Lipinski definition) is 3. The Bertz CT molecular complexity index is 469. The molecule has 1 unspecified atom stereocenters. The molecule has 0 amide bonds. The van der Waals surface area contributed by atoms with Crippen molar-refractivity contribution in [3.8, 4) is 0 Å². The van der Waals surface area contributed by atoms with Crippen LogP contribution in [-0.4, -0.2) is 24.7 Å². The fraction of sp³-hybridized carbons (Fsp3) is 0.286. The standard InChI is InChI=1S/C7H12N8/c1-14-3-4(2-11-14)5(8)6-12-13-7(9)15(6)10/h2-3,5H,8,10H2,1H3,(H2,9,13). The van der Waals surface area contributed by atoms with Crippen LogP contribution in [0.2, 0.25) is 0 Å². The van der Waals surface area contributed by atoms with Crippen molar-refractivity contribution < 1.29 is 0 Å². The Morgan fingerprint density at radius 2 is 2.13 bits per heavy atom. The highest BCUT2D eigenvalue weighted by atomic mass is 15.4. The van der Waals surface area contributed by atoms with E-state index in [1.165, 1.54) is 0 Å². The lowest BCUT2D eigenvalue weighted by Gasteiger charge is -2.07. The smallest absolute Gasteiger partial charge is 0.240 e. The summed E-state index contributed by atoms with van der Waals surface area (Å²) in [6, 6.07) is -0.478. The SMILES string of the molecule is Cn1cc(C(N)c2nnc(N)n2N)cn1. The lowest BCUT2D eigenvalue weighted by Crippen LogP contribution is -2.22. The third kappa shape index (κ3) is 1.50. The van der Waals surface area contributed by atoms with E-state index >= 15 is 0 Å². The molecule has 0 aliphatic rings. The Balaban J connectivity index is 2.36. The van der Waals surface area contributed by atoms with E-state index in [9.17, 15) is 0 Å². The van der Waals surface area contributed by atoms with E-state index in [2.05, 4.69) is 15.3 Å². The fourth-order valence-electron chi connectivity index (χ4n) is 1.28. The molecule has 0 aliphatic heterocycles. The van der Waals surface area contributed by atoms with Gasteiger partial charge in [0.25, 0.3) is 0 Å². The Kier molecular flexibility index (Phi) is 2.05. The number of aromatic nitrogens is 5. The molecule has 6 N–H and O–H groups in total. The predicted molar refractivity (Wildman–Crippen MR) is 53.8 cm³/mol. The highest BCUT2D eigenvalue weighted by molar-refractivity contribution is 5.24. The zero-order valence-corrected chi connectivity index (χ0v) is 8.20. The number of anilines is 1. The maximum Gasteiger partial charge on any atom is 0.240 e. The second-order valence-electron chi connectivity index (χ2n) is 3.21. The lowest BCUT2D eigenvalue weighted by molar-refractivity contribution is 0.734. The Labute approximate surface area is 85.6 Å². The van der Waals surface area contributed by atoms with Gasteiger partial charge in [0.1, 0.15) is 0 Å². The minimum absolute atomic E-state index is 0.129. The van der Waals surface area contributed by atoms with Gasteiger partial charge in [-0.1, -0.05) is 0 Å². The van der Waals surface area contributed by atoms with Crippen molar-refractivity contribution in [1.29, 1.82) is 0 Å². The molecule has 2 aromatic rings. The highest BCUT2D eigenvalue weighted by Gasteiger charge is 2.18. The molecular weight excluding hydrogens is 196 g/mol. The van der Waals surface area contributed by atoms with Gasteiger partial charge in [0.05, 0.1) is 12.2 Å². The van der Waals surface area contributed by atoms with Crippen LogP contribution in [-0.2, 0) is 7.05 Å². The number of nitrogens with two attached hydrogens (primary N) is 3. The molecule has 15 heavy (non-hydrogen) atoms. The number of rotatable bonds is 2. The van der Waals surface area contributed by atoms with Crippen molar-refractivity contribution in [1.82, 2.24) is 24.7 Å². The first-order valence-electron chi connectivity index (χ1n) is 4.29. The summed E-state index contributed by atoms with van der Waals surface area (Å²) in [6.07, 6.45) is 3.44. The maximum absolute atomic E-state index is 5.93. The Morgan fingerprint density at radius 1 is 1.40 bits per heavy atom. The summed E-state index contributed by atoms with van der Waals surface area (Å²) in [5, 5.41) is 11.4. The van der Waals surface area contributed by atoms with Gasteiger partial charge in [0.15, 0.2) is 5.82 Å². The van der Waals surface area contributed by atoms with Gasteiger partial charge < -0.3 is 17.3 Å². The van der Waals surface area contributed by atoms with Crippen LogP contribution < -0.4 is 17.3 Å². The summed E-state index contributed by atoms with van der Waals surface area (Å²) in [6.45, 7) is 0. The molecule has 0 spiro atoms. The average Bonchev–Trinajstić information content (AvgIpc) is 2.75. The molecule has 8 nitrogen and oxygen atoms in total. The van der Waals surface area contributed by atoms with Crippen molar-refractivity contribution in [2.45, 2.75) is 6.04 Å². The maximum atomic E-state index is 5.93. The minimum atomic E-state index is -0.478. The van der Waals surface area contributed by atoms with Crippen LogP contribution in [0.5, 0.6) is 0 Å². The second kappa shape index (κ2) is 3.24. The number of nitrogens with zero attached hydrogens (tertiary/aromatic N) is 5. The number of hydrogen-bond acceptors (Lipinski definition) is 6. The van der Waals surface area contributed by atoms with Crippen LogP contribution in [0.1, 0.15) is 17.4 Å². The molecule has 2 aromatic heterocycles. The molecule has 0 saturated carbocycles. The van der Waals surface area contributed by atoms with E-state index in [-0.39, 0.29) is 5.95 Å². The Hall–Kier alpha value is -2.09. The van der Waals surface area contributed by atoms with Gasteiger partial charge in [0.2, 0.25) is 5.95 Å². The van der Waals surface area contributed by atoms with Crippen molar-refractivity contribution >= 4 is 5.95 Å². The van der Waals surface area contributed by atoms with E-state index in [1.807, 2.05) is 0 Å². The van der Waals surface area contributed by atoms with Crippen molar-refractivity contribution in [2.75, 3.05) is 11.6 Å². The van der Waals surface area contributed by atoms with Gasteiger partial charge >= 0.3 is 0 Å². The molecule has 0 radical (unpaired) electrons. The lowest BCUT2D eigenvalue weighted by atomic mass is 10.2. The van der Waals surface area contributed by atoms with Crippen LogP contribution in [0.4, 0.5) is 5.95 Å². The van der Waals surface area contributed by atoms with E-state index in [4.69, 9.17) is 17.3 Å². The zero-order valence-electron chi connectivity index (χ0n) is 8.20. The Morgan fingerprint density at radius 3 is 2.60 bits per heavy atom. The summed E-state index contributed by atoms with van der Waals surface area (Å²) in [5.74, 6) is 6.14. The second-order valence-corrected chi connectivity index (χ2v) is 3.21. The summed E-state index contributed by atoms with van der Waals surface area (Å²) >= 11 is 0. The van der Waals surface area contributed by atoms with E-state index in [1.54, 1.807) is 24.1 Å². The topological polar surface area (TPSA) is 127 Å². The summed E-state index contributed by atoms with van der Waals surface area (Å²) in [4.78, 5) is 0. The van der Waals surface area contributed by atoms with Crippen molar-refractivity contribution in [3.63, 3.8) is 0 Å². The zero-order chi connectivity index (χ0) is 11.0. The first-order valence-corrected chi connectivity index (χ1v) is 4.29. The molecule has 0 bridgehead atoms. The van der Waals surface area contributed by atoms with Crippen LogP contribution in [0.15, 0.2) is 12.4 Å². The molecule has 2 rings (SSSR count).